The lowest BCUT2D eigenvalue weighted by Crippen LogP contribution is -2.41. The number of rotatable bonds is 4. The second kappa shape index (κ2) is 17.3. The van der Waals surface area contributed by atoms with Crippen LogP contribution in [-0.4, -0.2) is 58.4 Å². The van der Waals surface area contributed by atoms with Crippen molar-refractivity contribution in [3.05, 3.63) is 88.4 Å². The van der Waals surface area contributed by atoms with Gasteiger partial charge < -0.3 is 19.5 Å². The first-order valence-corrected chi connectivity index (χ1v) is 15.1. The molecule has 4 aromatic heterocycles. The lowest BCUT2D eigenvalue weighted by atomic mass is 9.81. The van der Waals surface area contributed by atoms with Crippen molar-refractivity contribution in [1.82, 2.24) is 29.9 Å². The molecule has 0 spiro atoms. The largest absolute Gasteiger partial charge is 0.498 e. The van der Waals surface area contributed by atoms with Crippen LogP contribution in [0, 0.1) is 0 Å². The number of aliphatic hydroxyl groups is 2. The van der Waals surface area contributed by atoms with Crippen molar-refractivity contribution in [1.29, 1.82) is 0 Å². The number of hydrogen-bond donors (Lipinski definition) is 2. The monoisotopic (exact) mass is 824 g/mol. The van der Waals surface area contributed by atoms with Gasteiger partial charge in [-0.3, -0.25) is 0 Å². The molecule has 0 unspecified atom stereocenters. The lowest BCUT2D eigenvalue weighted by molar-refractivity contribution is -0.145. The third-order valence-corrected chi connectivity index (χ3v) is 7.53. The van der Waals surface area contributed by atoms with Crippen molar-refractivity contribution in [2.24, 2.45) is 0 Å². The van der Waals surface area contributed by atoms with Gasteiger partial charge in [0, 0.05) is 35.8 Å². The Morgan fingerprint density at radius 3 is 1.36 bits per heavy atom. The van der Waals surface area contributed by atoms with Crippen molar-refractivity contribution in [2.75, 3.05) is 0 Å². The Balaban J connectivity index is 0.000000292. The zero-order chi connectivity index (χ0) is 41.1. The summed E-state index contributed by atoms with van der Waals surface area (Å²) in [4.78, 5) is 19.1. The Morgan fingerprint density at radius 2 is 0.982 bits per heavy atom. The van der Waals surface area contributed by atoms with Gasteiger partial charge in [-0.25, -0.2) is 29.9 Å². The van der Waals surface area contributed by atoms with E-state index in [1.54, 1.807) is 0 Å². The van der Waals surface area contributed by atoms with Crippen LogP contribution in [0.4, 0.5) is 52.7 Å². The van der Waals surface area contributed by atoms with Crippen molar-refractivity contribution >= 4 is 24.2 Å². The van der Waals surface area contributed by atoms with E-state index in [4.69, 9.17) is 31.1 Å². The number of aliphatic hydroxyl groups excluding tert-OH is 2. The predicted molar refractivity (Wildman–Crippen MR) is 171 cm³/mol. The van der Waals surface area contributed by atoms with Gasteiger partial charge in [-0.1, -0.05) is 19.0 Å². The van der Waals surface area contributed by atoms with Crippen LogP contribution in [0.5, 0.6) is 0 Å². The molecule has 0 atom stereocenters. The van der Waals surface area contributed by atoms with Crippen LogP contribution in [0.1, 0.15) is 69.3 Å². The standard InChI is InChI=1S/C12H7F6N3O.C11H14BF3N2O2.C7H5ClF3NO.CH4/c13-11(14,15)9-2-6(5-22)1-8(21-9)7-3-19-10(20-4-7)12(16,17)18;1-9(2)10(3,4)19-12(18-9)7-5-16-8(17-6-7)11(13,14)15;8-6-2-4(3-13)1-5(12-6)7(9,10)11;/h1-4,22H,5H2;5-6H,1-4H3;1-2,13H,3H2;1H4. The molecule has 0 aliphatic carbocycles. The Bertz CT molecular complexity index is 1860. The molecule has 1 aliphatic heterocycles. The molecule has 5 rings (SSSR count). The van der Waals surface area contributed by atoms with Crippen molar-refractivity contribution in [3.8, 4) is 11.3 Å². The lowest BCUT2D eigenvalue weighted by Gasteiger charge is -2.32. The minimum absolute atomic E-state index is 0. The number of pyridine rings is 2. The zero-order valence-electron chi connectivity index (χ0n) is 27.9. The van der Waals surface area contributed by atoms with Crippen LogP contribution < -0.4 is 5.46 Å². The average molecular weight is 825 g/mol. The molecule has 4 aromatic rings. The Hall–Kier alpha value is -4.19. The van der Waals surface area contributed by atoms with E-state index in [2.05, 4.69) is 29.9 Å². The third kappa shape index (κ3) is 12.7. The molecule has 1 aliphatic rings. The Morgan fingerprint density at radius 1 is 0.600 bits per heavy atom. The highest BCUT2D eigenvalue weighted by Gasteiger charge is 2.52. The van der Waals surface area contributed by atoms with Gasteiger partial charge in [-0.05, 0) is 63.1 Å². The summed E-state index contributed by atoms with van der Waals surface area (Å²) in [5.41, 5.74) is -3.52. The number of alkyl halides is 12. The number of hydrogen-bond acceptors (Lipinski definition) is 10. The van der Waals surface area contributed by atoms with Crippen LogP contribution in [0.15, 0.2) is 49.1 Å². The van der Waals surface area contributed by atoms with E-state index in [0.717, 1.165) is 36.9 Å². The molecule has 24 heteroatoms. The molecule has 1 saturated heterocycles. The Kier molecular flexibility index (Phi) is 14.8. The van der Waals surface area contributed by atoms with E-state index in [0.29, 0.717) is 11.5 Å². The van der Waals surface area contributed by atoms with E-state index in [-0.39, 0.29) is 35.0 Å². The number of aromatic nitrogens is 6. The van der Waals surface area contributed by atoms with Gasteiger partial charge in [0.05, 0.1) is 30.1 Å². The van der Waals surface area contributed by atoms with Gasteiger partial charge in [0.15, 0.2) is 0 Å². The predicted octanol–water partition coefficient (Wildman–Crippen LogP) is 7.75. The summed E-state index contributed by atoms with van der Waals surface area (Å²) in [6.07, 6.45) is -15.0. The van der Waals surface area contributed by atoms with Gasteiger partial charge in [0.2, 0.25) is 11.6 Å². The fourth-order valence-electron chi connectivity index (χ4n) is 3.95. The molecule has 0 saturated carbocycles. The van der Waals surface area contributed by atoms with Crippen molar-refractivity contribution in [3.63, 3.8) is 0 Å². The number of nitrogens with zero attached hydrogens (tertiary/aromatic N) is 6. The van der Waals surface area contributed by atoms with E-state index in [1.165, 1.54) is 6.07 Å². The van der Waals surface area contributed by atoms with Crippen LogP contribution in [0.25, 0.3) is 11.3 Å². The molecule has 0 aromatic carbocycles. The van der Waals surface area contributed by atoms with E-state index < -0.39 is 79.3 Å². The van der Waals surface area contributed by atoms with Crippen molar-refractivity contribution < 1.29 is 72.2 Å². The summed E-state index contributed by atoms with van der Waals surface area (Å²) in [5, 5.41) is 17.3. The molecule has 2 N–H and O–H groups in total. The van der Waals surface area contributed by atoms with E-state index >= 15 is 0 Å². The maximum Gasteiger partial charge on any atom is 0.498 e. The highest BCUT2D eigenvalue weighted by molar-refractivity contribution is 6.61. The molecule has 1 fully saturated rings. The Labute approximate surface area is 310 Å². The minimum Gasteiger partial charge on any atom is -0.399 e. The highest BCUT2D eigenvalue weighted by atomic mass is 35.5. The summed E-state index contributed by atoms with van der Waals surface area (Å²) in [5.74, 6) is -2.58. The van der Waals surface area contributed by atoms with Crippen LogP contribution in [0.2, 0.25) is 5.15 Å². The molecule has 0 radical (unpaired) electrons. The molecule has 0 amide bonds. The number of halogens is 13. The van der Waals surface area contributed by atoms with Crippen molar-refractivity contribution in [2.45, 2.75) is 84.2 Å². The average Bonchev–Trinajstić information content (AvgIpc) is 3.29. The highest BCUT2D eigenvalue weighted by Crippen LogP contribution is 2.37. The maximum atomic E-state index is 12.7. The third-order valence-electron chi connectivity index (χ3n) is 7.34. The molecule has 302 valence electrons. The van der Waals surface area contributed by atoms with Crippen LogP contribution in [-0.2, 0) is 47.2 Å². The molecular weight excluding hydrogens is 795 g/mol. The zero-order valence-corrected chi connectivity index (χ0v) is 28.7. The maximum absolute atomic E-state index is 12.7. The fraction of sp³-hybridized carbons (Fsp3) is 0.419. The second-order valence-electron chi connectivity index (χ2n) is 12.0. The first kappa shape index (κ1) is 47.0. The van der Waals surface area contributed by atoms with E-state index in [9.17, 15) is 52.7 Å². The SMILES string of the molecule is C.CC1(C)OB(c2cnc(C(F)(F)F)nc2)OC1(C)C.OCc1cc(-c2cnc(C(F)(F)F)nc2)nc(C(F)(F)F)c1.OCc1cc(Cl)nc(C(F)(F)F)c1. The van der Waals surface area contributed by atoms with Crippen LogP contribution in [0.3, 0.4) is 0 Å². The normalized spacial score (nSPS) is 15.3. The van der Waals surface area contributed by atoms with Gasteiger partial charge in [-0.2, -0.15) is 52.7 Å². The summed E-state index contributed by atoms with van der Waals surface area (Å²) in [6.45, 7) is 6.26. The first-order chi connectivity index (χ1) is 24.6. The summed E-state index contributed by atoms with van der Waals surface area (Å²) in [6, 6.07) is 3.69. The van der Waals surface area contributed by atoms with Crippen LogP contribution >= 0.6 is 11.6 Å². The molecule has 55 heavy (non-hydrogen) atoms. The first-order valence-electron chi connectivity index (χ1n) is 14.8. The topological polar surface area (TPSA) is 136 Å². The quantitative estimate of drug-likeness (QED) is 0.120. The fourth-order valence-corrected chi connectivity index (χ4v) is 4.18. The minimum atomic E-state index is -4.76. The summed E-state index contributed by atoms with van der Waals surface area (Å²) < 4.78 is 160. The van der Waals surface area contributed by atoms with Gasteiger partial charge in [-0.15, -0.1) is 0 Å². The van der Waals surface area contributed by atoms with Gasteiger partial charge in [0.1, 0.15) is 16.5 Å². The smallest absolute Gasteiger partial charge is 0.399 e. The summed E-state index contributed by atoms with van der Waals surface area (Å²) >= 11 is 5.31. The molecular formula is C31H30BClF12N6O4. The van der Waals surface area contributed by atoms with Gasteiger partial charge in [0.25, 0.3) is 0 Å². The second-order valence-corrected chi connectivity index (χ2v) is 12.3. The van der Waals surface area contributed by atoms with E-state index in [1.807, 2.05) is 27.7 Å². The molecule has 5 heterocycles. The molecule has 0 bridgehead atoms. The molecule has 10 nitrogen and oxygen atoms in total. The van der Waals surface area contributed by atoms with Gasteiger partial charge >= 0.3 is 31.8 Å². The summed E-state index contributed by atoms with van der Waals surface area (Å²) in [7, 11) is -0.757.